The predicted molar refractivity (Wildman–Crippen MR) is 103 cm³/mol. The fourth-order valence-corrected chi connectivity index (χ4v) is 3.41. The van der Waals surface area contributed by atoms with Gasteiger partial charge in [0.05, 0.1) is 11.2 Å². The minimum absolute atomic E-state index is 0.559. The van der Waals surface area contributed by atoms with Crippen LogP contribution in [0.15, 0.2) is 75.6 Å². The Morgan fingerprint density at radius 3 is 2.35 bits per heavy atom. The summed E-state index contributed by atoms with van der Waals surface area (Å²) in [5, 5.41) is 12.0. The number of para-hydroxylation sites is 1. The summed E-state index contributed by atoms with van der Waals surface area (Å²) in [6.07, 6.45) is 1.18. The van der Waals surface area contributed by atoms with Crippen LogP contribution in [0.4, 0.5) is 0 Å². The normalized spacial score (nSPS) is 13.8. The highest BCUT2D eigenvalue weighted by molar-refractivity contribution is 5.94. The molecule has 0 bridgehead atoms. The van der Waals surface area contributed by atoms with Gasteiger partial charge in [0.2, 0.25) is 0 Å². The van der Waals surface area contributed by atoms with Crippen molar-refractivity contribution in [2.75, 3.05) is 0 Å². The molecule has 0 aliphatic heterocycles. The summed E-state index contributed by atoms with van der Waals surface area (Å²) in [5.41, 5.74) is 1.81. The highest BCUT2D eigenvalue weighted by atomic mass is 16.4. The van der Waals surface area contributed by atoms with Crippen molar-refractivity contribution < 1.29 is 13.9 Å². The number of aryl methyl sites for hydroxylation is 2. The molecule has 132 valence electrons. The van der Waals surface area contributed by atoms with Crippen LogP contribution < -0.4 is 0 Å². The Hall–Kier alpha value is -2.78. The minimum Gasteiger partial charge on any atom is -0.461 e. The molecule has 1 atom stereocenters. The first-order valence-electron chi connectivity index (χ1n) is 8.90. The van der Waals surface area contributed by atoms with E-state index in [2.05, 4.69) is 0 Å². The van der Waals surface area contributed by atoms with Crippen LogP contribution in [-0.4, -0.2) is 5.11 Å². The summed E-state index contributed by atoms with van der Waals surface area (Å²) in [7, 11) is 0. The molecule has 26 heavy (non-hydrogen) atoms. The number of hydrogen-bond acceptors (Lipinski definition) is 3. The van der Waals surface area contributed by atoms with Gasteiger partial charge in [0.25, 0.3) is 0 Å². The average Bonchev–Trinajstić information content (AvgIpc) is 3.23. The number of fused-ring (bicyclic) bond motifs is 1. The van der Waals surface area contributed by atoms with Gasteiger partial charge >= 0.3 is 0 Å². The van der Waals surface area contributed by atoms with Crippen molar-refractivity contribution in [3.8, 4) is 11.3 Å². The Labute approximate surface area is 152 Å². The van der Waals surface area contributed by atoms with E-state index in [1.54, 1.807) is 0 Å². The van der Waals surface area contributed by atoms with Crippen LogP contribution in [0.25, 0.3) is 22.3 Å². The molecule has 2 aromatic heterocycles. The maximum atomic E-state index is 10.9. The van der Waals surface area contributed by atoms with E-state index in [4.69, 9.17) is 8.83 Å². The second-order valence-electron chi connectivity index (χ2n) is 6.95. The lowest BCUT2D eigenvalue weighted by atomic mass is 9.90. The van der Waals surface area contributed by atoms with Crippen LogP contribution in [-0.2, 0) is 12.0 Å². The highest BCUT2D eigenvalue weighted by Gasteiger charge is 2.25. The standard InChI is InChI=1S/C23H22O3/c1-16-12-13-20(25-16)22-18-10-6-7-11-19(18)26-21(22)14-15-23(2,24)17-8-4-3-5-9-17/h3-13,24H,14-15H2,1-2H3/t23-/m1/s1. The van der Waals surface area contributed by atoms with Crippen LogP contribution in [0.2, 0.25) is 0 Å². The first-order valence-corrected chi connectivity index (χ1v) is 8.90. The first kappa shape index (κ1) is 16.7. The Bertz CT molecular complexity index is 1020. The number of rotatable bonds is 5. The summed E-state index contributed by atoms with van der Waals surface area (Å²) in [5.74, 6) is 2.52. The Morgan fingerprint density at radius 1 is 0.885 bits per heavy atom. The van der Waals surface area contributed by atoms with Crippen molar-refractivity contribution in [1.82, 2.24) is 0 Å². The monoisotopic (exact) mass is 346 g/mol. The molecule has 0 radical (unpaired) electrons. The molecule has 0 amide bonds. The molecule has 0 aliphatic rings. The van der Waals surface area contributed by atoms with Crippen LogP contribution in [0.1, 0.15) is 30.4 Å². The van der Waals surface area contributed by atoms with E-state index in [0.29, 0.717) is 12.8 Å². The van der Waals surface area contributed by atoms with Crippen molar-refractivity contribution >= 4 is 11.0 Å². The fourth-order valence-electron chi connectivity index (χ4n) is 3.41. The van der Waals surface area contributed by atoms with Gasteiger partial charge in [-0.3, -0.25) is 0 Å². The van der Waals surface area contributed by atoms with E-state index in [9.17, 15) is 5.11 Å². The van der Waals surface area contributed by atoms with Gasteiger partial charge in [-0.15, -0.1) is 0 Å². The molecule has 0 saturated heterocycles. The Morgan fingerprint density at radius 2 is 1.62 bits per heavy atom. The van der Waals surface area contributed by atoms with Crippen LogP contribution >= 0.6 is 0 Å². The van der Waals surface area contributed by atoms with Crippen LogP contribution in [0.3, 0.4) is 0 Å². The molecule has 4 rings (SSSR count). The molecule has 0 fully saturated rings. The van der Waals surface area contributed by atoms with Gasteiger partial charge in [-0.05, 0) is 44.0 Å². The third-order valence-corrected chi connectivity index (χ3v) is 4.89. The van der Waals surface area contributed by atoms with E-state index in [0.717, 1.165) is 39.4 Å². The Balaban J connectivity index is 1.70. The summed E-state index contributed by atoms with van der Waals surface area (Å²) in [6, 6.07) is 21.7. The number of aliphatic hydroxyl groups is 1. The molecule has 0 spiro atoms. The largest absolute Gasteiger partial charge is 0.461 e. The van der Waals surface area contributed by atoms with E-state index >= 15 is 0 Å². The molecule has 0 unspecified atom stereocenters. The molecule has 3 nitrogen and oxygen atoms in total. The number of furan rings is 2. The van der Waals surface area contributed by atoms with Crippen molar-refractivity contribution in [3.05, 3.63) is 83.8 Å². The van der Waals surface area contributed by atoms with Crippen LogP contribution in [0.5, 0.6) is 0 Å². The van der Waals surface area contributed by atoms with Crippen molar-refractivity contribution in [1.29, 1.82) is 0 Å². The topological polar surface area (TPSA) is 46.5 Å². The van der Waals surface area contributed by atoms with E-state index in [1.165, 1.54) is 0 Å². The molecule has 0 saturated carbocycles. The second kappa shape index (κ2) is 6.50. The van der Waals surface area contributed by atoms with Gasteiger partial charge in [-0.1, -0.05) is 48.5 Å². The average molecular weight is 346 g/mol. The zero-order valence-electron chi connectivity index (χ0n) is 15.0. The fraction of sp³-hybridized carbons (Fsp3) is 0.217. The second-order valence-corrected chi connectivity index (χ2v) is 6.95. The van der Waals surface area contributed by atoms with Gasteiger partial charge < -0.3 is 13.9 Å². The molecule has 2 heterocycles. The molecular formula is C23H22O3. The summed E-state index contributed by atoms with van der Waals surface area (Å²) < 4.78 is 12.0. The van der Waals surface area contributed by atoms with E-state index in [-0.39, 0.29) is 0 Å². The van der Waals surface area contributed by atoms with E-state index in [1.807, 2.05) is 80.6 Å². The highest BCUT2D eigenvalue weighted by Crippen LogP contribution is 2.38. The SMILES string of the molecule is Cc1ccc(-c2c(CC[C@@](C)(O)c3ccccc3)oc3ccccc23)o1. The third kappa shape index (κ3) is 3.06. The summed E-state index contributed by atoms with van der Waals surface area (Å²) in [4.78, 5) is 0. The molecular weight excluding hydrogens is 324 g/mol. The zero-order valence-corrected chi connectivity index (χ0v) is 15.0. The number of benzene rings is 2. The van der Waals surface area contributed by atoms with Gasteiger partial charge in [-0.25, -0.2) is 0 Å². The minimum atomic E-state index is -0.920. The predicted octanol–water partition coefficient (Wildman–Crippen LogP) is 5.84. The lowest BCUT2D eigenvalue weighted by Crippen LogP contribution is -2.21. The third-order valence-electron chi connectivity index (χ3n) is 4.89. The maximum absolute atomic E-state index is 10.9. The maximum Gasteiger partial charge on any atom is 0.138 e. The molecule has 3 heteroatoms. The molecule has 1 N–H and O–H groups in total. The quantitative estimate of drug-likeness (QED) is 0.494. The van der Waals surface area contributed by atoms with Gasteiger partial charge in [0.1, 0.15) is 22.9 Å². The molecule has 2 aromatic carbocycles. The van der Waals surface area contributed by atoms with Crippen molar-refractivity contribution in [3.63, 3.8) is 0 Å². The lowest BCUT2D eigenvalue weighted by molar-refractivity contribution is 0.0468. The smallest absolute Gasteiger partial charge is 0.138 e. The Kier molecular flexibility index (Phi) is 4.17. The molecule has 4 aromatic rings. The van der Waals surface area contributed by atoms with Crippen molar-refractivity contribution in [2.45, 2.75) is 32.3 Å². The zero-order chi connectivity index (χ0) is 18.1. The summed E-state index contributed by atoms with van der Waals surface area (Å²) in [6.45, 7) is 3.79. The first-order chi connectivity index (χ1) is 12.5. The van der Waals surface area contributed by atoms with Gasteiger partial charge in [0, 0.05) is 11.8 Å². The van der Waals surface area contributed by atoms with E-state index < -0.39 is 5.60 Å². The molecule has 0 aliphatic carbocycles. The van der Waals surface area contributed by atoms with Gasteiger partial charge in [0.15, 0.2) is 0 Å². The van der Waals surface area contributed by atoms with Crippen LogP contribution in [0, 0.1) is 6.92 Å². The van der Waals surface area contributed by atoms with Crippen molar-refractivity contribution in [2.24, 2.45) is 0 Å². The lowest BCUT2D eigenvalue weighted by Gasteiger charge is -2.23. The van der Waals surface area contributed by atoms with Gasteiger partial charge in [-0.2, -0.15) is 0 Å². The summed E-state index contributed by atoms with van der Waals surface area (Å²) >= 11 is 0. The number of hydrogen-bond donors (Lipinski definition) is 1.